The first kappa shape index (κ1) is 16.6. The lowest BCUT2D eigenvalue weighted by atomic mass is 10.1. The van der Waals surface area contributed by atoms with E-state index in [4.69, 9.17) is 4.74 Å². The number of hydrogen-bond donors (Lipinski definition) is 1. The zero-order chi connectivity index (χ0) is 17.3. The van der Waals surface area contributed by atoms with Crippen LogP contribution in [0.1, 0.15) is 53.8 Å². The molecule has 0 unspecified atom stereocenters. The van der Waals surface area contributed by atoms with E-state index in [0.717, 1.165) is 19.3 Å². The highest BCUT2D eigenvalue weighted by Crippen LogP contribution is 2.27. The molecule has 1 aromatic carbocycles. The molecule has 1 fully saturated rings. The lowest BCUT2D eigenvalue weighted by molar-refractivity contribution is -0.119. The van der Waals surface area contributed by atoms with Crippen LogP contribution < -0.4 is 5.32 Å². The van der Waals surface area contributed by atoms with Gasteiger partial charge in [-0.2, -0.15) is 0 Å². The zero-order valence-electron chi connectivity index (χ0n) is 14.0. The van der Waals surface area contributed by atoms with Gasteiger partial charge in [0.1, 0.15) is 0 Å². The molecule has 2 atom stereocenters. The highest BCUT2D eigenvalue weighted by Gasteiger charge is 2.37. The Kier molecular flexibility index (Phi) is 4.66. The van der Waals surface area contributed by atoms with Crippen LogP contribution in [0, 0.1) is 5.92 Å². The maximum Gasteiger partial charge on any atom is 0.261 e. The van der Waals surface area contributed by atoms with Crippen LogP contribution in [0.15, 0.2) is 18.2 Å². The smallest absolute Gasteiger partial charge is 0.261 e. The van der Waals surface area contributed by atoms with Crippen molar-refractivity contribution < 1.29 is 19.1 Å². The number of carbonyl (C=O) groups excluding carboxylic acids is 3. The second-order valence-corrected chi connectivity index (χ2v) is 6.41. The number of nitrogens with one attached hydrogen (secondary N) is 1. The van der Waals surface area contributed by atoms with E-state index in [-0.39, 0.29) is 29.7 Å². The van der Waals surface area contributed by atoms with Crippen molar-refractivity contribution in [3.05, 3.63) is 29.3 Å². The molecule has 3 rings (SSSR count). The number of benzene rings is 1. The number of nitrogens with zero attached hydrogens (tertiary/aromatic N) is 1. The second-order valence-electron chi connectivity index (χ2n) is 6.41. The molecule has 3 amide bonds. The van der Waals surface area contributed by atoms with Crippen LogP contribution >= 0.6 is 0 Å². The van der Waals surface area contributed by atoms with Crippen molar-refractivity contribution in [2.75, 3.05) is 18.5 Å². The van der Waals surface area contributed by atoms with Crippen molar-refractivity contribution in [2.45, 2.75) is 39.2 Å². The van der Waals surface area contributed by atoms with Crippen LogP contribution in [0.5, 0.6) is 0 Å². The molecule has 0 aromatic heterocycles. The number of ether oxygens (including phenoxy) is 1. The number of hydrogen-bond acceptors (Lipinski definition) is 4. The number of carbonyl (C=O) groups is 3. The summed E-state index contributed by atoms with van der Waals surface area (Å²) >= 11 is 0. The standard InChI is InChI=1S/C18H22N2O4/c1-3-11(2)16(21)19-12-6-7-14-15(9-12)18(23)20(17(14)22)10-13-5-4-8-24-13/h6-7,9,11,13H,3-5,8,10H2,1-2H3,(H,19,21)/t11-,13+/m0/s1. The van der Waals surface area contributed by atoms with Gasteiger partial charge in [0.15, 0.2) is 0 Å². The number of fused-ring (bicyclic) bond motifs is 1. The van der Waals surface area contributed by atoms with Crippen molar-refractivity contribution in [3.8, 4) is 0 Å². The molecule has 24 heavy (non-hydrogen) atoms. The minimum atomic E-state index is -0.315. The van der Waals surface area contributed by atoms with Crippen molar-refractivity contribution in [3.63, 3.8) is 0 Å². The van der Waals surface area contributed by atoms with E-state index in [0.29, 0.717) is 30.0 Å². The molecule has 2 heterocycles. The topological polar surface area (TPSA) is 75.7 Å². The largest absolute Gasteiger partial charge is 0.376 e. The molecule has 1 N–H and O–H groups in total. The summed E-state index contributed by atoms with van der Waals surface area (Å²) in [5.41, 5.74) is 1.28. The average molecular weight is 330 g/mol. The summed E-state index contributed by atoms with van der Waals surface area (Å²) in [5, 5.41) is 2.80. The summed E-state index contributed by atoms with van der Waals surface area (Å²) < 4.78 is 5.52. The van der Waals surface area contributed by atoms with E-state index < -0.39 is 0 Å². The van der Waals surface area contributed by atoms with Crippen molar-refractivity contribution in [2.24, 2.45) is 5.92 Å². The zero-order valence-corrected chi connectivity index (χ0v) is 14.0. The van der Waals surface area contributed by atoms with Crippen LogP contribution in [0.2, 0.25) is 0 Å². The molecule has 0 saturated carbocycles. The predicted molar refractivity (Wildman–Crippen MR) is 88.9 cm³/mol. The van der Waals surface area contributed by atoms with Crippen LogP contribution in [0.25, 0.3) is 0 Å². The van der Waals surface area contributed by atoms with Gasteiger partial charge in [-0.15, -0.1) is 0 Å². The fourth-order valence-electron chi connectivity index (χ4n) is 2.98. The third-order valence-corrected chi connectivity index (χ3v) is 4.71. The average Bonchev–Trinajstić information content (AvgIpc) is 3.17. The Morgan fingerprint density at radius 1 is 1.33 bits per heavy atom. The van der Waals surface area contributed by atoms with Gasteiger partial charge in [-0.05, 0) is 37.5 Å². The highest BCUT2D eigenvalue weighted by molar-refractivity contribution is 6.21. The minimum Gasteiger partial charge on any atom is -0.376 e. The van der Waals surface area contributed by atoms with Crippen LogP contribution in [0.3, 0.4) is 0 Å². The quantitative estimate of drug-likeness (QED) is 0.842. The van der Waals surface area contributed by atoms with Crippen molar-refractivity contribution >= 4 is 23.4 Å². The van der Waals surface area contributed by atoms with E-state index in [1.165, 1.54) is 4.90 Å². The summed E-state index contributed by atoms with van der Waals surface area (Å²) in [5.74, 6) is -0.799. The Morgan fingerprint density at radius 2 is 2.08 bits per heavy atom. The number of anilines is 1. The molecule has 0 radical (unpaired) electrons. The molecule has 128 valence electrons. The Balaban J connectivity index is 1.77. The molecule has 0 bridgehead atoms. The number of imide groups is 1. The first-order valence-electron chi connectivity index (χ1n) is 8.44. The van der Waals surface area contributed by atoms with Crippen LogP contribution in [-0.4, -0.2) is 41.9 Å². The third kappa shape index (κ3) is 3.06. The lowest BCUT2D eigenvalue weighted by Gasteiger charge is -2.17. The minimum absolute atomic E-state index is 0.0724. The predicted octanol–water partition coefficient (Wildman–Crippen LogP) is 2.45. The van der Waals surface area contributed by atoms with Gasteiger partial charge in [-0.3, -0.25) is 19.3 Å². The lowest BCUT2D eigenvalue weighted by Crippen LogP contribution is -2.36. The van der Waals surface area contributed by atoms with Gasteiger partial charge in [0, 0.05) is 18.2 Å². The molecule has 1 aromatic rings. The van der Waals surface area contributed by atoms with E-state index >= 15 is 0 Å². The molecule has 0 aliphatic carbocycles. The molecule has 6 nitrogen and oxygen atoms in total. The maximum absolute atomic E-state index is 12.6. The van der Waals surface area contributed by atoms with E-state index in [1.807, 2.05) is 13.8 Å². The van der Waals surface area contributed by atoms with Crippen molar-refractivity contribution in [1.29, 1.82) is 0 Å². The van der Waals surface area contributed by atoms with Gasteiger partial charge in [-0.25, -0.2) is 0 Å². The van der Waals surface area contributed by atoms with Gasteiger partial charge in [0.25, 0.3) is 11.8 Å². The third-order valence-electron chi connectivity index (χ3n) is 4.71. The Morgan fingerprint density at radius 3 is 2.75 bits per heavy atom. The van der Waals surface area contributed by atoms with E-state index in [9.17, 15) is 14.4 Å². The number of amides is 3. The van der Waals surface area contributed by atoms with Gasteiger partial charge >= 0.3 is 0 Å². The van der Waals surface area contributed by atoms with Gasteiger partial charge in [0.05, 0.1) is 23.8 Å². The SMILES string of the molecule is CC[C@H](C)C(=O)Nc1ccc2c(c1)C(=O)N(C[C@H]1CCCO1)C2=O. The summed E-state index contributed by atoms with van der Waals surface area (Å²) in [6, 6.07) is 4.86. The molecule has 1 saturated heterocycles. The summed E-state index contributed by atoms with van der Waals surface area (Å²) in [6.07, 6.45) is 2.49. The first-order chi connectivity index (χ1) is 11.5. The Bertz CT molecular complexity index is 680. The fraction of sp³-hybridized carbons (Fsp3) is 0.500. The molecule has 6 heteroatoms. The first-order valence-corrected chi connectivity index (χ1v) is 8.44. The van der Waals surface area contributed by atoms with Crippen LogP contribution in [-0.2, 0) is 9.53 Å². The Labute approximate surface area is 141 Å². The maximum atomic E-state index is 12.6. The highest BCUT2D eigenvalue weighted by atomic mass is 16.5. The summed E-state index contributed by atoms with van der Waals surface area (Å²) in [7, 11) is 0. The molecule has 2 aliphatic heterocycles. The van der Waals surface area contributed by atoms with Gasteiger partial charge < -0.3 is 10.1 Å². The Hall–Kier alpha value is -2.21. The van der Waals surface area contributed by atoms with Crippen molar-refractivity contribution in [1.82, 2.24) is 4.90 Å². The van der Waals surface area contributed by atoms with Gasteiger partial charge in [-0.1, -0.05) is 13.8 Å². The van der Waals surface area contributed by atoms with Gasteiger partial charge in [0.2, 0.25) is 5.91 Å². The van der Waals surface area contributed by atoms with E-state index in [1.54, 1.807) is 18.2 Å². The molecular weight excluding hydrogens is 308 g/mol. The van der Waals surface area contributed by atoms with Crippen LogP contribution in [0.4, 0.5) is 5.69 Å². The molecule has 2 aliphatic rings. The fourth-order valence-corrected chi connectivity index (χ4v) is 2.98. The molecule has 0 spiro atoms. The number of rotatable bonds is 5. The normalized spacial score (nSPS) is 21.1. The molecular formula is C18H22N2O4. The monoisotopic (exact) mass is 330 g/mol. The summed E-state index contributed by atoms with van der Waals surface area (Å²) in [6.45, 7) is 4.76. The second kappa shape index (κ2) is 6.73. The summed E-state index contributed by atoms with van der Waals surface area (Å²) in [4.78, 5) is 38.2. The van der Waals surface area contributed by atoms with E-state index in [2.05, 4.69) is 5.32 Å².